The Kier molecular flexibility index (Phi) is 10.6. The number of fused-ring (bicyclic) bond motifs is 1. The number of methoxy groups -OCH3 is 1. The fourth-order valence-corrected chi connectivity index (χ4v) is 1.88. The summed E-state index contributed by atoms with van der Waals surface area (Å²) >= 11 is 1.47. The Bertz CT molecular complexity index is 695. The molecular formula is C13H20F2N6O4S. The van der Waals surface area contributed by atoms with Gasteiger partial charge in [-0.2, -0.15) is 13.8 Å². The molecule has 5 N–H and O–H groups in total. The van der Waals surface area contributed by atoms with E-state index in [4.69, 9.17) is 15.6 Å². The van der Waals surface area contributed by atoms with Gasteiger partial charge in [0, 0.05) is 27.1 Å². The molecule has 10 nitrogen and oxygen atoms in total. The lowest BCUT2D eigenvalue weighted by molar-refractivity contribution is -0.161. The average Bonchev–Trinajstić information content (AvgIpc) is 3.03. The number of nitrogens with zero attached hydrogens (tertiary/aromatic N) is 3. The number of aromatic nitrogens is 3. The van der Waals surface area contributed by atoms with Crippen LogP contribution in [-0.4, -0.2) is 65.6 Å². The van der Waals surface area contributed by atoms with Gasteiger partial charge < -0.3 is 26.2 Å². The number of rotatable bonds is 6. The monoisotopic (exact) mass is 394 g/mol. The van der Waals surface area contributed by atoms with Crippen LogP contribution in [0.5, 0.6) is 5.88 Å². The fourth-order valence-electron chi connectivity index (χ4n) is 1.13. The normalized spacial score (nSPS) is 9.92. The van der Waals surface area contributed by atoms with Crippen LogP contribution in [0.4, 0.5) is 13.9 Å². The van der Waals surface area contributed by atoms with E-state index in [-0.39, 0.29) is 0 Å². The quantitative estimate of drug-likeness (QED) is 0.406. The van der Waals surface area contributed by atoms with Gasteiger partial charge in [-0.1, -0.05) is 11.3 Å². The molecule has 2 heterocycles. The minimum Gasteiger partial charge on any atom is -0.479 e. The summed E-state index contributed by atoms with van der Waals surface area (Å²) in [6, 6.07) is 0. The maximum atomic E-state index is 11.2. The number of carboxylic acid groups (broad SMARTS) is 1. The molecule has 0 aliphatic carbocycles. The van der Waals surface area contributed by atoms with Crippen molar-refractivity contribution in [3.8, 4) is 5.88 Å². The van der Waals surface area contributed by atoms with E-state index in [0.717, 1.165) is 9.96 Å². The van der Waals surface area contributed by atoms with Gasteiger partial charge >= 0.3 is 11.9 Å². The summed E-state index contributed by atoms with van der Waals surface area (Å²) in [4.78, 5) is 31.8. The Hall–Kier alpha value is -2.67. The number of aliphatic carboxylic acids is 1. The second-order valence-electron chi connectivity index (χ2n) is 4.36. The van der Waals surface area contributed by atoms with Gasteiger partial charge in [0.25, 0.3) is 0 Å². The van der Waals surface area contributed by atoms with E-state index in [9.17, 15) is 18.4 Å². The predicted molar refractivity (Wildman–Crippen MR) is 92.7 cm³/mol. The Morgan fingerprint density at radius 3 is 2.50 bits per heavy atom. The highest BCUT2D eigenvalue weighted by atomic mass is 32.1. The molecule has 2 rings (SSSR count). The molecule has 0 aromatic carbocycles. The zero-order chi connectivity index (χ0) is 20.2. The van der Waals surface area contributed by atoms with Crippen LogP contribution in [0.15, 0.2) is 6.33 Å². The molecular weight excluding hydrogens is 374 g/mol. The molecule has 0 saturated carbocycles. The molecule has 0 aliphatic heterocycles. The number of hydrogen-bond donors (Lipinski definition) is 4. The minimum absolute atomic E-state index is 0.329. The molecule has 146 valence electrons. The zero-order valence-electron chi connectivity index (χ0n) is 14.3. The maximum Gasteiger partial charge on any atom is 0.374 e. The maximum absolute atomic E-state index is 11.2. The predicted octanol–water partition coefficient (Wildman–Crippen LogP) is 0.554. The molecule has 0 radical (unpaired) electrons. The van der Waals surface area contributed by atoms with Crippen molar-refractivity contribution in [3.05, 3.63) is 6.33 Å². The van der Waals surface area contributed by atoms with Crippen LogP contribution >= 0.6 is 11.3 Å². The number of halogens is 2. The molecule has 0 fully saturated rings. The molecule has 2 aromatic rings. The summed E-state index contributed by atoms with van der Waals surface area (Å²) in [5.41, 5.74) is 5.70. The number of carbonyl (C=O) groups is 2. The highest BCUT2D eigenvalue weighted by molar-refractivity contribution is 7.21. The summed E-state index contributed by atoms with van der Waals surface area (Å²) in [6.45, 7) is 1.41. The van der Waals surface area contributed by atoms with E-state index < -0.39 is 11.9 Å². The van der Waals surface area contributed by atoms with Crippen molar-refractivity contribution in [2.24, 2.45) is 5.73 Å². The molecule has 13 heteroatoms. The minimum atomic E-state index is -3.58. The average molecular weight is 394 g/mol. The second kappa shape index (κ2) is 11.8. The molecule has 2 aromatic heterocycles. The number of carboxylic acids is 1. The SMILES string of the molecule is CC(F)(F)C(=O)O.CNc1nc2c(OC)ncnc2s1.NCCNC=O. The number of ether oxygens (including phenoxy) is 1. The highest BCUT2D eigenvalue weighted by Crippen LogP contribution is 2.28. The van der Waals surface area contributed by atoms with Crippen molar-refractivity contribution in [1.82, 2.24) is 20.3 Å². The van der Waals surface area contributed by atoms with Crippen LogP contribution in [0.2, 0.25) is 0 Å². The smallest absolute Gasteiger partial charge is 0.374 e. The number of amides is 1. The van der Waals surface area contributed by atoms with Crippen LogP contribution in [-0.2, 0) is 9.59 Å². The van der Waals surface area contributed by atoms with Crippen molar-refractivity contribution in [2.75, 3.05) is 32.6 Å². The first kappa shape index (κ1) is 23.3. The number of nitrogens with one attached hydrogen (secondary N) is 2. The van der Waals surface area contributed by atoms with E-state index in [2.05, 4.69) is 25.6 Å². The third-order valence-electron chi connectivity index (χ3n) is 2.32. The van der Waals surface area contributed by atoms with Gasteiger partial charge in [0.2, 0.25) is 12.3 Å². The molecule has 0 aliphatic rings. The summed E-state index contributed by atoms with van der Waals surface area (Å²) < 4.78 is 27.5. The number of alkyl halides is 2. The lowest BCUT2D eigenvalue weighted by atomic mass is 10.4. The number of carbonyl (C=O) groups excluding carboxylic acids is 1. The number of nitrogens with two attached hydrogens (primary N) is 1. The van der Waals surface area contributed by atoms with Crippen LogP contribution in [0.3, 0.4) is 0 Å². The van der Waals surface area contributed by atoms with Gasteiger partial charge in [0.05, 0.1) is 7.11 Å². The number of hydrogen-bond acceptors (Lipinski definition) is 9. The van der Waals surface area contributed by atoms with Crippen molar-refractivity contribution >= 4 is 39.2 Å². The van der Waals surface area contributed by atoms with Gasteiger partial charge in [0.1, 0.15) is 6.33 Å². The van der Waals surface area contributed by atoms with Crippen LogP contribution in [0, 0.1) is 0 Å². The Morgan fingerprint density at radius 2 is 2.12 bits per heavy atom. The molecule has 0 spiro atoms. The summed E-state index contributed by atoms with van der Waals surface area (Å²) in [5, 5.41) is 13.7. The first-order chi connectivity index (χ1) is 12.2. The van der Waals surface area contributed by atoms with Crippen LogP contribution in [0.1, 0.15) is 6.92 Å². The second-order valence-corrected chi connectivity index (χ2v) is 5.34. The third kappa shape index (κ3) is 8.43. The first-order valence-corrected chi connectivity index (χ1v) is 7.84. The molecule has 1 amide bonds. The van der Waals surface area contributed by atoms with Crippen molar-refractivity contribution < 1.29 is 28.2 Å². The molecule has 0 bridgehead atoms. The fraction of sp³-hybridized carbons (Fsp3) is 0.462. The lowest BCUT2D eigenvalue weighted by Gasteiger charge is -1.98. The largest absolute Gasteiger partial charge is 0.479 e. The summed E-state index contributed by atoms with van der Waals surface area (Å²) in [7, 11) is 3.39. The topological polar surface area (TPSA) is 152 Å². The van der Waals surface area contributed by atoms with E-state index in [1.54, 1.807) is 7.11 Å². The molecule has 26 heavy (non-hydrogen) atoms. The van der Waals surface area contributed by atoms with Gasteiger partial charge in [-0.25, -0.2) is 14.8 Å². The summed E-state index contributed by atoms with van der Waals surface area (Å²) in [6.07, 6.45) is 2.10. The number of anilines is 1. The van der Waals surface area contributed by atoms with Crippen molar-refractivity contribution in [1.29, 1.82) is 0 Å². The van der Waals surface area contributed by atoms with Gasteiger partial charge in [-0.15, -0.1) is 0 Å². The zero-order valence-corrected chi connectivity index (χ0v) is 15.1. The number of thiazole rings is 1. The van der Waals surface area contributed by atoms with Crippen LogP contribution < -0.4 is 21.1 Å². The van der Waals surface area contributed by atoms with E-state index >= 15 is 0 Å². The third-order valence-corrected chi connectivity index (χ3v) is 3.30. The molecule has 0 saturated heterocycles. The van der Waals surface area contributed by atoms with Crippen LogP contribution in [0.25, 0.3) is 10.3 Å². The van der Waals surface area contributed by atoms with E-state index in [1.807, 2.05) is 7.05 Å². The Morgan fingerprint density at radius 1 is 1.50 bits per heavy atom. The first-order valence-electron chi connectivity index (χ1n) is 7.02. The molecule has 0 atom stereocenters. The van der Waals surface area contributed by atoms with Gasteiger partial charge in [-0.05, 0) is 0 Å². The Labute approximate surface area is 151 Å². The van der Waals surface area contributed by atoms with E-state index in [0.29, 0.717) is 37.8 Å². The summed E-state index contributed by atoms with van der Waals surface area (Å²) in [5.74, 6) is -5.16. The van der Waals surface area contributed by atoms with Crippen molar-refractivity contribution in [3.63, 3.8) is 0 Å². The van der Waals surface area contributed by atoms with Crippen molar-refractivity contribution in [2.45, 2.75) is 12.8 Å². The van der Waals surface area contributed by atoms with Gasteiger partial charge in [0.15, 0.2) is 15.5 Å². The Balaban J connectivity index is 0.000000411. The van der Waals surface area contributed by atoms with Gasteiger partial charge in [-0.3, -0.25) is 4.79 Å². The van der Waals surface area contributed by atoms with E-state index in [1.165, 1.54) is 17.7 Å². The standard InChI is InChI=1S/C7H8N4OS.C3H4F2O2.C3H8N2O/c1-8-7-11-4-5(12-2)9-3-10-6(4)13-7;1-3(4,5)2(6)7;4-1-2-5-3-6/h3H,1-2H3,(H,8,11);1H3,(H,6,7);3H,1-2,4H2,(H,5,6). The highest BCUT2D eigenvalue weighted by Gasteiger charge is 2.31. The lowest BCUT2D eigenvalue weighted by Crippen LogP contribution is -2.22. The molecule has 0 unspecified atom stereocenters.